The van der Waals surface area contributed by atoms with Crippen molar-refractivity contribution in [2.75, 3.05) is 0 Å². The van der Waals surface area contributed by atoms with Crippen molar-refractivity contribution < 1.29 is 31.4 Å². The van der Waals surface area contributed by atoms with Crippen LogP contribution in [-0.4, -0.2) is 5.11 Å². The van der Waals surface area contributed by atoms with Gasteiger partial charge in [-0.15, -0.1) is 0 Å². The second-order valence-electron chi connectivity index (χ2n) is 4.26. The fraction of sp³-hybridized carbons (Fsp3) is 0.214. The Morgan fingerprint density at radius 2 is 1.78 bits per heavy atom. The summed E-state index contributed by atoms with van der Waals surface area (Å²) < 4.78 is 7.64. The van der Waals surface area contributed by atoms with Gasteiger partial charge in [0, 0.05) is 17.7 Å². The van der Waals surface area contributed by atoms with Crippen molar-refractivity contribution >= 4 is 0 Å². The highest BCUT2D eigenvalue weighted by Gasteiger charge is 2.40. The molecule has 1 aromatic heterocycles. The first-order valence-electron chi connectivity index (χ1n) is 5.67. The summed E-state index contributed by atoms with van der Waals surface area (Å²) in [6.07, 6.45) is 1.96. The van der Waals surface area contributed by atoms with Crippen molar-refractivity contribution in [1.29, 1.82) is 0 Å². The minimum absolute atomic E-state index is 0. The van der Waals surface area contributed by atoms with E-state index < -0.39 is 5.79 Å². The number of benzene rings is 1. The van der Waals surface area contributed by atoms with Gasteiger partial charge in [0.05, 0.1) is 0 Å². The van der Waals surface area contributed by atoms with Gasteiger partial charge in [0.15, 0.2) is 6.20 Å². The zero-order valence-corrected chi connectivity index (χ0v) is 11.4. The lowest BCUT2D eigenvalue weighted by Crippen LogP contribution is -3.00. The zero-order valence-electron chi connectivity index (χ0n) is 9.79. The van der Waals surface area contributed by atoms with E-state index in [1.807, 2.05) is 59.3 Å². The molecule has 0 saturated heterocycles. The predicted molar refractivity (Wildman–Crippen MR) is 61.8 cm³/mol. The second-order valence-corrected chi connectivity index (χ2v) is 4.26. The molecule has 1 aromatic carbocycles. The van der Waals surface area contributed by atoms with Gasteiger partial charge in [-0.3, -0.25) is 0 Å². The number of aliphatic hydroxyl groups is 1. The van der Waals surface area contributed by atoms with Crippen LogP contribution in [-0.2, 0) is 23.7 Å². The van der Waals surface area contributed by atoms with Gasteiger partial charge in [0.1, 0.15) is 6.61 Å². The molecule has 3 nitrogen and oxygen atoms in total. The Morgan fingerprint density at radius 3 is 2.56 bits per heavy atom. The van der Waals surface area contributed by atoms with Gasteiger partial charge >= 0.3 is 0 Å². The van der Waals surface area contributed by atoms with E-state index in [0.717, 1.165) is 11.3 Å². The van der Waals surface area contributed by atoms with E-state index >= 15 is 0 Å². The molecular formula is C14H14BrNO2. The molecule has 0 fully saturated rings. The van der Waals surface area contributed by atoms with Gasteiger partial charge in [0.2, 0.25) is 12.2 Å². The van der Waals surface area contributed by atoms with E-state index in [4.69, 9.17) is 4.74 Å². The van der Waals surface area contributed by atoms with Crippen molar-refractivity contribution in [1.82, 2.24) is 0 Å². The van der Waals surface area contributed by atoms with Crippen molar-refractivity contribution in [2.45, 2.75) is 18.9 Å². The number of hydrogen-bond donors (Lipinski definition) is 1. The van der Waals surface area contributed by atoms with Gasteiger partial charge in [-0.05, 0) is 0 Å². The Balaban J connectivity index is 0.00000120. The Kier molecular flexibility index (Phi) is 3.80. The average molecular weight is 308 g/mol. The molecule has 18 heavy (non-hydrogen) atoms. The largest absolute Gasteiger partial charge is 1.00 e. The molecule has 2 heterocycles. The first-order valence-corrected chi connectivity index (χ1v) is 5.67. The number of aromatic nitrogens is 1. The maximum absolute atomic E-state index is 10.5. The summed E-state index contributed by atoms with van der Waals surface area (Å²) in [5.74, 6) is -1.22. The van der Waals surface area contributed by atoms with Crippen molar-refractivity contribution in [3.05, 3.63) is 66.0 Å². The molecule has 0 spiro atoms. The lowest BCUT2D eigenvalue weighted by Gasteiger charge is -2.29. The lowest BCUT2D eigenvalue weighted by molar-refractivity contribution is -0.745. The summed E-state index contributed by atoms with van der Waals surface area (Å²) in [4.78, 5) is 0. The fourth-order valence-corrected chi connectivity index (χ4v) is 2.14. The molecule has 94 valence electrons. The smallest absolute Gasteiger partial charge is 0.254 e. The maximum Gasteiger partial charge on any atom is 0.254 e. The number of halogens is 1. The van der Waals surface area contributed by atoms with E-state index in [0.29, 0.717) is 13.2 Å². The first-order chi connectivity index (χ1) is 8.28. The van der Waals surface area contributed by atoms with E-state index in [2.05, 4.69) is 0 Å². The molecule has 0 amide bonds. The molecule has 2 aromatic rings. The minimum atomic E-state index is -1.22. The molecule has 3 rings (SSSR count). The highest BCUT2D eigenvalue weighted by molar-refractivity contribution is 5.19. The molecular weight excluding hydrogens is 294 g/mol. The zero-order chi connectivity index (χ0) is 11.7. The van der Waals surface area contributed by atoms with Crippen molar-refractivity contribution in [3.63, 3.8) is 0 Å². The molecule has 1 unspecified atom stereocenters. The number of hydrogen-bond acceptors (Lipinski definition) is 2. The van der Waals surface area contributed by atoms with Crippen LogP contribution in [0.3, 0.4) is 0 Å². The predicted octanol–water partition coefficient (Wildman–Crippen LogP) is -1.65. The molecule has 0 saturated carbocycles. The van der Waals surface area contributed by atoms with Gasteiger partial charge < -0.3 is 26.8 Å². The summed E-state index contributed by atoms with van der Waals surface area (Å²) >= 11 is 0. The molecule has 1 N–H and O–H groups in total. The highest BCUT2D eigenvalue weighted by Crippen LogP contribution is 2.26. The molecule has 0 bridgehead atoms. The third-order valence-electron chi connectivity index (χ3n) is 3.10. The van der Waals surface area contributed by atoms with Crippen LogP contribution in [0, 0.1) is 0 Å². The standard InChI is InChI=1S/C14H14NO2.BrH/c16-14(12-6-2-1-3-7-12)11-15-9-5-4-8-13(15)10-17-14;/h1-9,16H,10-11H2;1H/q+1;/p-1. The Bertz CT molecular complexity index is 532. The fourth-order valence-electron chi connectivity index (χ4n) is 2.14. The van der Waals surface area contributed by atoms with Crippen molar-refractivity contribution in [2.24, 2.45) is 0 Å². The Labute approximate surface area is 116 Å². The molecule has 0 aliphatic carbocycles. The van der Waals surface area contributed by atoms with E-state index in [-0.39, 0.29) is 17.0 Å². The first kappa shape index (κ1) is 13.2. The molecule has 1 aliphatic rings. The normalized spacial score (nSPS) is 21.8. The van der Waals surface area contributed by atoms with Crippen LogP contribution < -0.4 is 21.5 Å². The van der Waals surface area contributed by atoms with Crippen molar-refractivity contribution in [3.8, 4) is 0 Å². The highest BCUT2D eigenvalue weighted by atomic mass is 79.9. The Hall–Kier alpha value is -1.23. The van der Waals surface area contributed by atoms with Crippen LogP contribution in [0.15, 0.2) is 54.7 Å². The number of pyridine rings is 1. The van der Waals surface area contributed by atoms with Crippen LogP contribution in [0.2, 0.25) is 0 Å². The summed E-state index contributed by atoms with van der Waals surface area (Å²) in [7, 11) is 0. The summed E-state index contributed by atoms with van der Waals surface area (Å²) in [6.45, 7) is 0.847. The number of fused-ring (bicyclic) bond motifs is 1. The van der Waals surface area contributed by atoms with Crippen LogP contribution in [0.25, 0.3) is 0 Å². The number of rotatable bonds is 1. The molecule has 0 radical (unpaired) electrons. The number of ether oxygens (including phenoxy) is 1. The third-order valence-corrected chi connectivity index (χ3v) is 3.10. The maximum atomic E-state index is 10.5. The topological polar surface area (TPSA) is 33.3 Å². The van der Waals surface area contributed by atoms with E-state index in [9.17, 15) is 5.11 Å². The van der Waals surface area contributed by atoms with Crippen LogP contribution in [0.1, 0.15) is 11.3 Å². The monoisotopic (exact) mass is 307 g/mol. The second kappa shape index (κ2) is 5.18. The average Bonchev–Trinajstić information content (AvgIpc) is 2.40. The molecule has 1 aliphatic heterocycles. The lowest BCUT2D eigenvalue weighted by atomic mass is 10.0. The van der Waals surface area contributed by atoms with E-state index in [1.54, 1.807) is 0 Å². The molecule has 4 heteroatoms. The SMILES string of the molecule is OC1(c2ccccc2)C[n+]2ccccc2CO1.[Br-]. The number of nitrogens with zero attached hydrogens (tertiary/aromatic N) is 1. The summed E-state index contributed by atoms with van der Waals surface area (Å²) in [5.41, 5.74) is 1.87. The quantitative estimate of drug-likeness (QED) is 0.641. The van der Waals surface area contributed by atoms with Gasteiger partial charge in [-0.2, -0.15) is 4.57 Å². The molecule has 1 atom stereocenters. The van der Waals surface area contributed by atoms with Crippen LogP contribution >= 0.6 is 0 Å². The van der Waals surface area contributed by atoms with Crippen LogP contribution in [0.5, 0.6) is 0 Å². The van der Waals surface area contributed by atoms with E-state index in [1.165, 1.54) is 0 Å². The van der Waals surface area contributed by atoms with Gasteiger partial charge in [-0.25, -0.2) is 0 Å². The summed E-state index contributed by atoms with van der Waals surface area (Å²) in [5, 5.41) is 10.5. The summed E-state index contributed by atoms with van der Waals surface area (Å²) in [6, 6.07) is 15.4. The third kappa shape index (κ3) is 2.32. The van der Waals surface area contributed by atoms with Gasteiger partial charge in [-0.1, -0.05) is 36.4 Å². The van der Waals surface area contributed by atoms with Gasteiger partial charge in [0.25, 0.3) is 5.79 Å². The van der Waals surface area contributed by atoms with Crippen LogP contribution in [0.4, 0.5) is 0 Å². The minimum Gasteiger partial charge on any atom is -1.00 e. The Morgan fingerprint density at radius 1 is 1.06 bits per heavy atom.